The van der Waals surface area contributed by atoms with Crippen molar-refractivity contribution in [2.75, 3.05) is 26.2 Å². The van der Waals surface area contributed by atoms with E-state index in [9.17, 15) is 13.2 Å². The molecule has 1 aliphatic heterocycles. The highest BCUT2D eigenvalue weighted by atomic mass is 35.5. The van der Waals surface area contributed by atoms with Gasteiger partial charge in [0.05, 0.1) is 15.6 Å². The van der Waals surface area contributed by atoms with Gasteiger partial charge in [-0.05, 0) is 29.6 Å². The van der Waals surface area contributed by atoms with Gasteiger partial charge < -0.3 is 4.90 Å². The number of sulfonamides is 1. The van der Waals surface area contributed by atoms with Gasteiger partial charge in [0.2, 0.25) is 10.0 Å². The summed E-state index contributed by atoms with van der Waals surface area (Å²) in [6, 6.07) is 12.0. The van der Waals surface area contributed by atoms with Crippen molar-refractivity contribution in [3.8, 4) is 10.6 Å². The maximum absolute atomic E-state index is 12.8. The van der Waals surface area contributed by atoms with Crippen molar-refractivity contribution in [2.45, 2.75) is 4.90 Å². The number of piperazine rings is 1. The molecule has 1 saturated heterocycles. The maximum atomic E-state index is 12.8. The monoisotopic (exact) mass is 436 g/mol. The summed E-state index contributed by atoms with van der Waals surface area (Å²) >= 11 is 7.61. The Kier molecular flexibility index (Phi) is 5.24. The number of benzene rings is 1. The number of amides is 1. The minimum absolute atomic E-state index is 0.0873. The number of nitrogens with one attached hydrogen (secondary N) is 1. The summed E-state index contributed by atoms with van der Waals surface area (Å²) < 4.78 is 27.0. The van der Waals surface area contributed by atoms with Crippen LogP contribution in [0.4, 0.5) is 0 Å². The molecule has 28 heavy (non-hydrogen) atoms. The van der Waals surface area contributed by atoms with Gasteiger partial charge in [0.15, 0.2) is 5.69 Å². The molecule has 0 spiro atoms. The Labute approximate surface area is 171 Å². The molecule has 2 aromatic heterocycles. The highest BCUT2D eigenvalue weighted by Crippen LogP contribution is 2.26. The van der Waals surface area contributed by atoms with Crippen LogP contribution in [0.25, 0.3) is 10.6 Å². The minimum Gasteiger partial charge on any atom is -0.335 e. The van der Waals surface area contributed by atoms with Crippen LogP contribution in [0.2, 0.25) is 5.02 Å². The second-order valence-electron chi connectivity index (χ2n) is 6.27. The van der Waals surface area contributed by atoms with Gasteiger partial charge in [-0.15, -0.1) is 11.3 Å². The molecular weight excluding hydrogens is 420 g/mol. The first-order valence-electron chi connectivity index (χ1n) is 8.60. The number of halogens is 1. The molecule has 0 saturated carbocycles. The summed E-state index contributed by atoms with van der Waals surface area (Å²) in [7, 11) is -3.69. The minimum atomic E-state index is -3.69. The Morgan fingerprint density at radius 1 is 1.11 bits per heavy atom. The van der Waals surface area contributed by atoms with Crippen molar-refractivity contribution in [1.29, 1.82) is 0 Å². The van der Waals surface area contributed by atoms with Gasteiger partial charge in [0.25, 0.3) is 5.91 Å². The smallest absolute Gasteiger partial charge is 0.274 e. The van der Waals surface area contributed by atoms with Crippen LogP contribution in [0.3, 0.4) is 0 Å². The number of thiophene rings is 1. The van der Waals surface area contributed by atoms with Crippen LogP contribution in [0, 0.1) is 0 Å². The maximum Gasteiger partial charge on any atom is 0.274 e. The molecule has 3 heterocycles. The molecule has 1 N–H and O–H groups in total. The molecule has 3 aromatic rings. The Morgan fingerprint density at radius 3 is 2.54 bits per heavy atom. The largest absolute Gasteiger partial charge is 0.335 e. The molecule has 0 unspecified atom stereocenters. The van der Waals surface area contributed by atoms with Crippen molar-refractivity contribution in [1.82, 2.24) is 19.4 Å². The van der Waals surface area contributed by atoms with E-state index in [4.69, 9.17) is 11.6 Å². The van der Waals surface area contributed by atoms with E-state index >= 15 is 0 Å². The van der Waals surface area contributed by atoms with Crippen LogP contribution in [0.5, 0.6) is 0 Å². The first-order valence-corrected chi connectivity index (χ1v) is 11.3. The summed E-state index contributed by atoms with van der Waals surface area (Å²) in [6.45, 7) is 1.01. The molecule has 0 atom stereocenters. The number of aromatic nitrogens is 2. The van der Waals surface area contributed by atoms with Crippen molar-refractivity contribution >= 4 is 38.9 Å². The van der Waals surface area contributed by atoms with Gasteiger partial charge >= 0.3 is 0 Å². The van der Waals surface area contributed by atoms with Crippen LogP contribution in [0.15, 0.2) is 52.7 Å². The number of carbonyl (C=O) groups excluding carboxylic acids is 1. The topological polar surface area (TPSA) is 86.4 Å². The number of hydrogen-bond acceptors (Lipinski definition) is 5. The molecule has 1 amide bonds. The molecule has 1 fully saturated rings. The second-order valence-corrected chi connectivity index (χ2v) is 9.53. The van der Waals surface area contributed by atoms with Crippen LogP contribution < -0.4 is 0 Å². The molecule has 0 bridgehead atoms. The SMILES string of the molecule is O=C(c1cc(-c2cccs2)[nH]n1)N1CCN(S(=O)(=O)c2ccccc2Cl)CC1. The number of hydrogen-bond donors (Lipinski definition) is 1. The summed E-state index contributed by atoms with van der Waals surface area (Å²) in [6.07, 6.45) is 0. The fourth-order valence-corrected chi connectivity index (χ4v) is 5.68. The van der Waals surface area contributed by atoms with Crippen molar-refractivity contribution in [2.24, 2.45) is 0 Å². The van der Waals surface area contributed by atoms with E-state index in [2.05, 4.69) is 10.2 Å². The Morgan fingerprint density at radius 2 is 1.86 bits per heavy atom. The molecular formula is C18H17ClN4O3S2. The predicted octanol–water partition coefficient (Wildman–Crippen LogP) is 2.94. The lowest BCUT2D eigenvalue weighted by atomic mass is 10.2. The fraction of sp³-hybridized carbons (Fsp3) is 0.222. The molecule has 0 aliphatic carbocycles. The lowest BCUT2D eigenvalue weighted by Crippen LogP contribution is -2.50. The number of carbonyl (C=O) groups is 1. The average Bonchev–Trinajstić information content (AvgIpc) is 3.39. The molecule has 7 nitrogen and oxygen atoms in total. The highest BCUT2D eigenvalue weighted by Gasteiger charge is 2.32. The Bertz CT molecular complexity index is 1090. The van der Waals surface area contributed by atoms with Crippen molar-refractivity contribution in [3.63, 3.8) is 0 Å². The summed E-state index contributed by atoms with van der Waals surface area (Å²) in [5.41, 5.74) is 1.11. The zero-order chi connectivity index (χ0) is 19.7. The third kappa shape index (κ3) is 3.58. The zero-order valence-electron chi connectivity index (χ0n) is 14.7. The second kappa shape index (κ2) is 7.67. The van der Waals surface area contributed by atoms with Crippen LogP contribution >= 0.6 is 22.9 Å². The molecule has 10 heteroatoms. The number of nitrogens with zero attached hydrogens (tertiary/aromatic N) is 3. The lowest BCUT2D eigenvalue weighted by Gasteiger charge is -2.33. The van der Waals surface area contributed by atoms with Crippen LogP contribution in [-0.4, -0.2) is 59.9 Å². The van der Waals surface area contributed by atoms with E-state index in [1.807, 2.05) is 17.5 Å². The van der Waals surface area contributed by atoms with Gasteiger partial charge in [0.1, 0.15) is 4.90 Å². The predicted molar refractivity (Wildman–Crippen MR) is 108 cm³/mol. The van der Waals surface area contributed by atoms with Gasteiger partial charge in [-0.1, -0.05) is 29.8 Å². The van der Waals surface area contributed by atoms with Gasteiger partial charge in [-0.3, -0.25) is 9.89 Å². The molecule has 4 rings (SSSR count). The Balaban J connectivity index is 1.44. The van der Waals surface area contributed by atoms with Gasteiger partial charge in [0, 0.05) is 26.2 Å². The third-order valence-corrected chi connectivity index (χ3v) is 7.87. The summed E-state index contributed by atoms with van der Waals surface area (Å²) in [5, 5.41) is 9.14. The van der Waals surface area contributed by atoms with E-state index in [1.54, 1.807) is 40.5 Å². The van der Waals surface area contributed by atoms with Crippen LogP contribution in [0.1, 0.15) is 10.5 Å². The van der Waals surface area contributed by atoms with Crippen molar-refractivity contribution in [3.05, 3.63) is 58.6 Å². The summed E-state index contributed by atoms with van der Waals surface area (Å²) in [5.74, 6) is -0.214. The normalized spacial score (nSPS) is 15.7. The van der Waals surface area contributed by atoms with E-state index in [0.29, 0.717) is 18.8 Å². The molecule has 0 radical (unpaired) electrons. The lowest BCUT2D eigenvalue weighted by molar-refractivity contribution is 0.0692. The molecule has 1 aliphatic rings. The van der Waals surface area contributed by atoms with E-state index in [1.165, 1.54) is 10.4 Å². The van der Waals surface area contributed by atoms with Crippen molar-refractivity contribution < 1.29 is 13.2 Å². The molecule has 146 valence electrons. The quantitative estimate of drug-likeness (QED) is 0.681. The zero-order valence-corrected chi connectivity index (χ0v) is 17.1. The van der Waals surface area contributed by atoms with Crippen LogP contribution in [-0.2, 0) is 10.0 Å². The van der Waals surface area contributed by atoms with Gasteiger partial charge in [-0.25, -0.2) is 8.42 Å². The average molecular weight is 437 g/mol. The molecule has 1 aromatic carbocycles. The number of H-pyrrole nitrogens is 1. The summed E-state index contributed by atoms with van der Waals surface area (Å²) in [4.78, 5) is 15.4. The van der Waals surface area contributed by atoms with E-state index in [0.717, 1.165) is 10.6 Å². The Hall–Kier alpha value is -2.20. The highest BCUT2D eigenvalue weighted by molar-refractivity contribution is 7.89. The first-order chi connectivity index (χ1) is 13.5. The fourth-order valence-electron chi connectivity index (χ4n) is 3.08. The third-order valence-electron chi connectivity index (χ3n) is 4.56. The van der Waals surface area contributed by atoms with E-state index < -0.39 is 10.0 Å². The van der Waals surface area contributed by atoms with E-state index in [-0.39, 0.29) is 28.9 Å². The standard InChI is InChI=1S/C18H17ClN4O3S2/c19-13-4-1-2-6-17(13)28(25,26)23-9-7-22(8-10-23)18(24)15-12-14(20-21-15)16-5-3-11-27-16/h1-6,11-12H,7-10H2,(H,20,21). The number of aromatic amines is 1. The first kappa shape index (κ1) is 19.1. The van der Waals surface area contributed by atoms with Gasteiger partial charge in [-0.2, -0.15) is 9.40 Å². The number of rotatable bonds is 4.